The van der Waals surface area contributed by atoms with Crippen molar-refractivity contribution in [3.8, 4) is 0 Å². The van der Waals surface area contributed by atoms with E-state index in [4.69, 9.17) is 34.8 Å². The highest BCUT2D eigenvalue weighted by Gasteiger charge is 2.30. The number of ether oxygens (including phenoxy) is 1. The van der Waals surface area contributed by atoms with Crippen molar-refractivity contribution < 1.29 is 18.3 Å². The summed E-state index contributed by atoms with van der Waals surface area (Å²) in [4.78, 5) is 19.0. The van der Waals surface area contributed by atoms with Gasteiger partial charge in [0.05, 0.1) is 10.7 Å². The summed E-state index contributed by atoms with van der Waals surface area (Å²) in [6.45, 7) is 10.3. The third kappa shape index (κ3) is 7.63. The Morgan fingerprint density at radius 1 is 1.05 bits per heavy atom. The molecule has 4 rings (SSSR count). The van der Waals surface area contributed by atoms with Crippen LogP contribution in [0.3, 0.4) is 0 Å². The fraction of sp³-hybridized carbons (Fsp3) is 0.321. The molecule has 0 saturated heterocycles. The lowest BCUT2D eigenvalue weighted by Crippen LogP contribution is -2.17. The van der Waals surface area contributed by atoms with Gasteiger partial charge in [-0.05, 0) is 82.0 Å². The van der Waals surface area contributed by atoms with Crippen molar-refractivity contribution in [2.24, 2.45) is 0 Å². The Balaban J connectivity index is 0.000000532. The lowest BCUT2D eigenvalue weighted by atomic mass is 10.1. The van der Waals surface area contributed by atoms with Crippen LogP contribution in [0.25, 0.3) is 11.0 Å². The van der Waals surface area contributed by atoms with Crippen molar-refractivity contribution in [1.82, 2.24) is 13.9 Å². The monoisotopic (exact) mass is 613 g/mol. The zero-order chi connectivity index (χ0) is 29.1. The summed E-state index contributed by atoms with van der Waals surface area (Å²) in [7, 11) is 0. The minimum Gasteiger partial charge on any atom is -0.462 e. The third-order valence-electron chi connectivity index (χ3n) is 5.45. The molecule has 0 radical (unpaired) electrons. The fourth-order valence-corrected chi connectivity index (χ4v) is 5.57. The Morgan fingerprint density at radius 3 is 2.23 bits per heavy atom. The quantitative estimate of drug-likeness (QED) is 0.123. The summed E-state index contributed by atoms with van der Waals surface area (Å²) < 4.78 is 34.6. The van der Waals surface area contributed by atoms with Gasteiger partial charge >= 0.3 is 0 Å². The fourth-order valence-electron chi connectivity index (χ4n) is 3.50. The molecule has 5 nitrogen and oxygen atoms in total. The van der Waals surface area contributed by atoms with Crippen LogP contribution in [0.5, 0.6) is 0 Å². The number of alkyl halides is 3. The van der Waals surface area contributed by atoms with E-state index in [-0.39, 0.29) is 16.4 Å². The van der Waals surface area contributed by atoms with Crippen molar-refractivity contribution in [2.75, 3.05) is 0 Å². The van der Waals surface area contributed by atoms with E-state index in [0.29, 0.717) is 34.0 Å². The number of carbonyl (C=O) groups excluding carboxylic acids is 1. The lowest BCUT2D eigenvalue weighted by Gasteiger charge is -2.17. The molecule has 39 heavy (non-hydrogen) atoms. The highest BCUT2D eigenvalue weighted by Crippen LogP contribution is 2.43. The molecular formula is C28H28Cl3F2N3O2S. The molecule has 1 aromatic carbocycles. The highest BCUT2D eigenvalue weighted by atomic mass is 35.5. The van der Waals surface area contributed by atoms with Crippen molar-refractivity contribution in [3.05, 3.63) is 86.9 Å². The molecule has 0 bridgehead atoms. The van der Waals surface area contributed by atoms with Gasteiger partial charge in [-0.3, -0.25) is 8.77 Å². The molecule has 208 valence electrons. The normalized spacial score (nSPS) is 12.6. The van der Waals surface area contributed by atoms with Crippen LogP contribution in [0.1, 0.15) is 61.2 Å². The smallest absolute Gasteiger partial charge is 0.293 e. The number of rotatable bonds is 6. The topological polar surface area (TPSA) is 57.0 Å². The number of halogens is 5. The number of hydrogen-bond acceptors (Lipinski definition) is 5. The second kappa shape index (κ2) is 12.4. The largest absolute Gasteiger partial charge is 0.462 e. The molecule has 1 unspecified atom stereocenters. The number of aryl methyl sites for hydroxylation is 2. The van der Waals surface area contributed by atoms with Crippen LogP contribution in [0.15, 0.2) is 53.6 Å². The lowest BCUT2D eigenvalue weighted by molar-refractivity contribution is -0.138. The van der Waals surface area contributed by atoms with Gasteiger partial charge in [0.25, 0.3) is 12.4 Å². The molecule has 3 aromatic heterocycles. The van der Waals surface area contributed by atoms with Crippen molar-refractivity contribution in [1.29, 1.82) is 0 Å². The van der Waals surface area contributed by atoms with Gasteiger partial charge in [-0.1, -0.05) is 41.4 Å². The first-order valence-corrected chi connectivity index (χ1v) is 13.8. The van der Waals surface area contributed by atoms with Crippen LogP contribution in [0, 0.1) is 13.8 Å². The molecule has 11 heteroatoms. The van der Waals surface area contributed by atoms with Gasteiger partial charge in [0, 0.05) is 29.0 Å². The minimum absolute atomic E-state index is 0.188. The number of nitrogens with zero attached hydrogens (tertiary/aromatic N) is 3. The molecule has 0 amide bonds. The first-order valence-electron chi connectivity index (χ1n) is 11.8. The minimum atomic E-state index is -3.08. The van der Waals surface area contributed by atoms with E-state index in [2.05, 4.69) is 14.7 Å². The Bertz CT molecular complexity index is 1470. The summed E-state index contributed by atoms with van der Waals surface area (Å²) in [5.41, 5.74) is 2.25. The van der Waals surface area contributed by atoms with Crippen molar-refractivity contribution in [2.45, 2.75) is 63.3 Å². The van der Waals surface area contributed by atoms with Gasteiger partial charge in [0.1, 0.15) is 21.8 Å². The molecule has 0 aliphatic heterocycles. The van der Waals surface area contributed by atoms with E-state index in [0.717, 1.165) is 22.8 Å². The Hall–Kier alpha value is -2.39. The van der Waals surface area contributed by atoms with Crippen LogP contribution in [0.2, 0.25) is 10.2 Å². The standard InChI is InChI=1S/C23H18Cl3F2N3S.C5H10O2/c1-12-9-17(23(3,27)28)30-22-15(12)10-16(31(22)32-14-7-5-4-6-8-14)20(25)18-19(24)13(2)11-29-21(18)26;1-5(2,3)7-4-6/h4-11,20H,1-3H3;4H,1-3H3. The van der Waals surface area contributed by atoms with E-state index in [9.17, 15) is 13.6 Å². The van der Waals surface area contributed by atoms with Crippen LogP contribution < -0.4 is 0 Å². The van der Waals surface area contributed by atoms with Gasteiger partial charge in [-0.2, -0.15) is 8.78 Å². The Labute approximate surface area is 246 Å². The molecule has 0 spiro atoms. The number of carbonyl (C=O) groups is 1. The molecule has 3 heterocycles. The maximum Gasteiger partial charge on any atom is 0.293 e. The highest BCUT2D eigenvalue weighted by molar-refractivity contribution is 7.98. The molecule has 0 aliphatic rings. The summed E-state index contributed by atoms with van der Waals surface area (Å²) >= 11 is 21.1. The number of benzene rings is 1. The molecule has 4 aromatic rings. The predicted octanol–water partition coefficient (Wildman–Crippen LogP) is 9.31. The maximum absolute atomic E-state index is 14.2. The number of fused-ring (bicyclic) bond motifs is 1. The molecule has 0 fully saturated rings. The Morgan fingerprint density at radius 2 is 1.69 bits per heavy atom. The summed E-state index contributed by atoms with van der Waals surface area (Å²) in [5.74, 6) is -3.08. The van der Waals surface area contributed by atoms with E-state index in [1.165, 1.54) is 18.0 Å². The Kier molecular flexibility index (Phi) is 9.92. The average Bonchev–Trinajstić information content (AvgIpc) is 3.20. The average molecular weight is 615 g/mol. The molecule has 0 saturated carbocycles. The zero-order valence-corrected chi connectivity index (χ0v) is 25.3. The van der Waals surface area contributed by atoms with Gasteiger partial charge in [0.15, 0.2) is 5.65 Å². The summed E-state index contributed by atoms with van der Waals surface area (Å²) in [6.07, 6.45) is 1.58. The van der Waals surface area contributed by atoms with Crippen LogP contribution in [-0.2, 0) is 15.5 Å². The second-order valence-corrected chi connectivity index (χ2v) is 12.1. The van der Waals surface area contributed by atoms with Crippen molar-refractivity contribution in [3.63, 3.8) is 0 Å². The number of aromatic nitrogens is 3. The predicted molar refractivity (Wildman–Crippen MR) is 155 cm³/mol. The first kappa shape index (κ1) is 31.1. The number of pyridine rings is 2. The molecule has 1 atom stereocenters. The number of hydrogen-bond donors (Lipinski definition) is 0. The van der Waals surface area contributed by atoms with Crippen LogP contribution in [0.4, 0.5) is 8.78 Å². The van der Waals surface area contributed by atoms with Gasteiger partial charge in [-0.25, -0.2) is 9.97 Å². The van der Waals surface area contributed by atoms with Gasteiger partial charge < -0.3 is 4.74 Å². The third-order valence-corrected chi connectivity index (χ3v) is 7.74. The van der Waals surface area contributed by atoms with E-state index < -0.39 is 11.3 Å². The SMILES string of the molecule is CC(C)(C)OC=O.Cc1cnc(Cl)c(C(Cl)c2cc3c(C)cc(C(C)(F)F)nc3n2Sc2ccccc2)c1Cl. The molecule has 0 N–H and O–H groups in total. The van der Waals surface area contributed by atoms with Crippen molar-refractivity contribution >= 4 is 64.3 Å². The first-order chi connectivity index (χ1) is 18.1. The van der Waals surface area contributed by atoms with Gasteiger partial charge in [0.2, 0.25) is 0 Å². The maximum atomic E-state index is 14.2. The second-order valence-electron chi connectivity index (χ2n) is 9.87. The van der Waals surface area contributed by atoms with E-state index in [1.807, 2.05) is 64.1 Å². The van der Waals surface area contributed by atoms with E-state index in [1.54, 1.807) is 17.1 Å². The van der Waals surface area contributed by atoms with Crippen LogP contribution in [-0.4, -0.2) is 26.0 Å². The molecular weight excluding hydrogens is 587 g/mol. The van der Waals surface area contributed by atoms with Crippen LogP contribution >= 0.6 is 46.8 Å². The van der Waals surface area contributed by atoms with Gasteiger partial charge in [-0.15, -0.1) is 11.6 Å². The summed E-state index contributed by atoms with van der Waals surface area (Å²) in [5, 5.41) is 0.539. The molecule has 0 aliphatic carbocycles. The summed E-state index contributed by atoms with van der Waals surface area (Å²) in [6, 6.07) is 12.8. The van der Waals surface area contributed by atoms with E-state index >= 15 is 0 Å². The zero-order valence-electron chi connectivity index (χ0n) is 22.2.